The van der Waals surface area contributed by atoms with E-state index in [1.165, 1.54) is 0 Å². The van der Waals surface area contributed by atoms with Gasteiger partial charge < -0.3 is 5.11 Å². The fraction of sp³-hybridized carbons (Fsp3) is 1.00. The van der Waals surface area contributed by atoms with Crippen molar-refractivity contribution < 1.29 is 5.11 Å². The van der Waals surface area contributed by atoms with Crippen LogP contribution in [0.5, 0.6) is 0 Å². The Bertz CT molecular complexity index is 27.7. The van der Waals surface area contributed by atoms with E-state index in [4.69, 9.17) is 39.9 Å². The lowest BCUT2D eigenvalue weighted by atomic mass is 10.5. The largest absolute Gasteiger partial charge is 0.396 e. The lowest BCUT2D eigenvalue weighted by Crippen LogP contribution is -1.69. The van der Waals surface area contributed by atoms with Gasteiger partial charge in [-0.3, -0.25) is 0 Å². The fourth-order valence-electron chi connectivity index (χ4n) is 0. The van der Waals surface area contributed by atoms with Gasteiger partial charge in [0.05, 0.1) is 0 Å². The summed E-state index contributed by atoms with van der Waals surface area (Å²) >= 11 is 14.4. The van der Waals surface area contributed by atoms with Gasteiger partial charge in [-0.2, -0.15) is 0 Å². The number of rotatable bonds is 1. The molecule has 0 bridgehead atoms. The number of aliphatic hydroxyl groups excluding tert-OH is 1. The summed E-state index contributed by atoms with van der Waals surface area (Å²) in [5.74, 6) is 0. The van der Waals surface area contributed by atoms with E-state index in [1.807, 2.05) is 6.92 Å². The second-order valence-electron chi connectivity index (χ2n) is 0.971. The third-order valence-electron chi connectivity index (χ3n) is 0.224. The first-order chi connectivity index (χ1) is 3.65. The van der Waals surface area contributed by atoms with Gasteiger partial charge in [0.25, 0.3) is 0 Å². The normalized spacial score (nSPS) is 8.25. The van der Waals surface area contributed by atoms with Crippen LogP contribution in [0.4, 0.5) is 0 Å². The molecule has 8 heavy (non-hydrogen) atoms. The van der Waals surface area contributed by atoms with Crippen molar-refractivity contribution in [1.82, 2.24) is 0 Å². The Balaban J connectivity index is 0. The molecule has 1 N–H and O–H groups in total. The molecule has 0 heterocycles. The number of alkyl halides is 3. The van der Waals surface area contributed by atoms with Crippen molar-refractivity contribution in [2.75, 3.05) is 6.61 Å². The number of hydrogen-bond acceptors (Lipinski definition) is 1. The van der Waals surface area contributed by atoms with Gasteiger partial charge in [-0.25, -0.2) is 0 Å². The first-order valence-electron chi connectivity index (χ1n) is 2.18. The van der Waals surface area contributed by atoms with Gasteiger partial charge in [0.2, 0.25) is 0 Å². The Morgan fingerprint density at radius 3 is 1.50 bits per heavy atom. The third kappa shape index (κ3) is 69.3. The number of aliphatic hydroxyl groups is 1. The highest BCUT2D eigenvalue weighted by Crippen LogP contribution is 2.03. The van der Waals surface area contributed by atoms with Crippen LogP contribution in [0.1, 0.15) is 13.3 Å². The lowest BCUT2D eigenvalue weighted by molar-refractivity contribution is 0.295. The van der Waals surface area contributed by atoms with Crippen molar-refractivity contribution in [3.63, 3.8) is 0 Å². The van der Waals surface area contributed by atoms with E-state index in [2.05, 4.69) is 0 Å². The maximum absolute atomic E-state index is 7.88. The quantitative estimate of drug-likeness (QED) is 0.613. The smallest absolute Gasteiger partial charge is 0.180 e. The summed E-state index contributed by atoms with van der Waals surface area (Å²) in [6, 6.07) is 0. The maximum Gasteiger partial charge on any atom is 0.180 e. The molecule has 0 fully saturated rings. The SMILES string of the molecule is CCCO.ClC(Cl)Cl. The number of hydrogen-bond donors (Lipinski definition) is 1. The predicted octanol–water partition coefficient (Wildman–Crippen LogP) is 2.38. The minimum Gasteiger partial charge on any atom is -0.396 e. The summed E-state index contributed by atoms with van der Waals surface area (Å²) in [5, 5.41) is 7.88. The summed E-state index contributed by atoms with van der Waals surface area (Å²) in [5.41, 5.74) is 0. The second kappa shape index (κ2) is 10.7. The molecule has 0 amide bonds. The van der Waals surface area contributed by atoms with E-state index in [1.54, 1.807) is 0 Å². The van der Waals surface area contributed by atoms with Crippen LogP contribution in [-0.2, 0) is 0 Å². The highest BCUT2D eigenvalue weighted by molar-refractivity contribution is 6.63. The van der Waals surface area contributed by atoms with Crippen LogP contribution < -0.4 is 0 Å². The molecule has 0 saturated heterocycles. The Morgan fingerprint density at radius 2 is 1.50 bits per heavy atom. The summed E-state index contributed by atoms with van der Waals surface area (Å²) in [7, 11) is 0. The molecule has 1 nitrogen and oxygen atoms in total. The third-order valence-corrected chi connectivity index (χ3v) is 0.224. The van der Waals surface area contributed by atoms with E-state index in [9.17, 15) is 0 Å². The molecule has 0 aromatic heterocycles. The van der Waals surface area contributed by atoms with Crippen LogP contribution in [0, 0.1) is 0 Å². The Hall–Kier alpha value is 0.830. The molecule has 4 heteroatoms. The van der Waals surface area contributed by atoms with Crippen LogP contribution in [0.3, 0.4) is 0 Å². The van der Waals surface area contributed by atoms with E-state index in [-0.39, 0.29) is 0 Å². The monoisotopic (exact) mass is 178 g/mol. The molecule has 0 saturated carbocycles. The zero-order valence-corrected chi connectivity index (χ0v) is 6.84. The molecule has 0 aromatic rings. The van der Waals surface area contributed by atoms with Crippen molar-refractivity contribution in [1.29, 1.82) is 0 Å². The van der Waals surface area contributed by atoms with Crippen molar-refractivity contribution >= 4 is 34.8 Å². The molecule has 0 aromatic carbocycles. The highest BCUT2D eigenvalue weighted by atomic mass is 35.6. The fourth-order valence-corrected chi connectivity index (χ4v) is 0. The van der Waals surface area contributed by atoms with Gasteiger partial charge >= 0.3 is 0 Å². The maximum atomic E-state index is 7.88. The molecular formula is C4H9Cl3O. The molecule has 0 radical (unpaired) electrons. The molecule has 0 aliphatic rings. The van der Waals surface area contributed by atoms with Gasteiger partial charge in [-0.1, -0.05) is 41.7 Å². The first-order valence-corrected chi connectivity index (χ1v) is 3.49. The van der Waals surface area contributed by atoms with E-state index >= 15 is 0 Å². The Labute approximate surface area is 64.5 Å². The lowest BCUT2D eigenvalue weighted by Gasteiger charge is -1.69. The van der Waals surface area contributed by atoms with Crippen LogP contribution in [0.2, 0.25) is 0 Å². The predicted molar refractivity (Wildman–Crippen MR) is 38.7 cm³/mol. The Morgan fingerprint density at radius 1 is 1.38 bits per heavy atom. The Kier molecular flexibility index (Phi) is 15.6. The van der Waals surface area contributed by atoms with Crippen molar-refractivity contribution in [2.24, 2.45) is 0 Å². The molecule has 0 aliphatic carbocycles. The highest BCUT2D eigenvalue weighted by Gasteiger charge is 1.78. The molecule has 0 aliphatic heterocycles. The van der Waals surface area contributed by atoms with Crippen LogP contribution in [0.25, 0.3) is 0 Å². The topological polar surface area (TPSA) is 20.2 Å². The molecular weight excluding hydrogens is 170 g/mol. The van der Waals surface area contributed by atoms with Crippen LogP contribution in [0.15, 0.2) is 0 Å². The summed E-state index contributed by atoms with van der Waals surface area (Å²) in [6.07, 6.45) is 0.875. The van der Waals surface area contributed by atoms with E-state index in [0.29, 0.717) is 6.61 Å². The average Bonchev–Trinajstić information content (AvgIpc) is 1.65. The molecule has 0 atom stereocenters. The van der Waals surface area contributed by atoms with Gasteiger partial charge in [-0.05, 0) is 6.42 Å². The standard InChI is InChI=1S/C3H8O.CHCl3/c1-2-3-4;2-1(3)4/h4H,2-3H2,1H3;1H. The van der Waals surface area contributed by atoms with Crippen molar-refractivity contribution in [2.45, 2.75) is 17.6 Å². The first kappa shape index (κ1) is 11.6. The molecule has 0 spiro atoms. The summed E-state index contributed by atoms with van der Waals surface area (Å²) in [6.45, 7) is 2.25. The van der Waals surface area contributed by atoms with Gasteiger partial charge in [-0.15, -0.1) is 0 Å². The zero-order chi connectivity index (χ0) is 6.99. The number of halogens is 3. The van der Waals surface area contributed by atoms with E-state index in [0.717, 1.165) is 6.42 Å². The van der Waals surface area contributed by atoms with Gasteiger partial charge in [0, 0.05) is 6.61 Å². The zero-order valence-electron chi connectivity index (χ0n) is 4.57. The summed E-state index contributed by atoms with van der Waals surface area (Å²) in [4.78, 5) is 0. The van der Waals surface area contributed by atoms with Crippen molar-refractivity contribution in [3.8, 4) is 0 Å². The summed E-state index contributed by atoms with van der Waals surface area (Å²) < 4.78 is -0.750. The van der Waals surface area contributed by atoms with Gasteiger partial charge in [0.15, 0.2) is 4.30 Å². The van der Waals surface area contributed by atoms with Gasteiger partial charge in [0.1, 0.15) is 0 Å². The minimum atomic E-state index is -0.750. The molecule has 0 rings (SSSR count). The van der Waals surface area contributed by atoms with Crippen LogP contribution >= 0.6 is 34.8 Å². The van der Waals surface area contributed by atoms with Crippen LogP contribution in [-0.4, -0.2) is 16.0 Å². The minimum absolute atomic E-state index is 0.319. The second-order valence-corrected chi connectivity index (χ2v) is 2.95. The molecule has 52 valence electrons. The van der Waals surface area contributed by atoms with E-state index < -0.39 is 4.30 Å². The average molecular weight is 179 g/mol. The van der Waals surface area contributed by atoms with Crippen molar-refractivity contribution in [3.05, 3.63) is 0 Å². The molecule has 0 unspecified atom stereocenters.